The summed E-state index contributed by atoms with van der Waals surface area (Å²) < 4.78 is 5.41. The second-order valence-corrected chi connectivity index (χ2v) is 16.0. The van der Waals surface area contributed by atoms with Gasteiger partial charge in [0.15, 0.2) is 11.5 Å². The van der Waals surface area contributed by atoms with Crippen LogP contribution in [0.15, 0.2) is 115 Å². The van der Waals surface area contributed by atoms with Crippen LogP contribution >= 0.6 is 11.6 Å². The number of methoxy groups -OCH3 is 1. The molecule has 10 heteroatoms. The van der Waals surface area contributed by atoms with Crippen molar-refractivity contribution in [1.29, 1.82) is 0 Å². The number of hydrogen-bond donors (Lipinski definition) is 1. The van der Waals surface area contributed by atoms with Crippen LogP contribution in [0.2, 0.25) is 5.02 Å². The van der Waals surface area contributed by atoms with E-state index in [1.165, 1.54) is 17.6 Å². The maximum atomic E-state index is 15.4. The molecule has 4 aromatic carbocycles. The number of carbonyl (C=O) groups is 4. The fraction of sp³-hybridized carbons (Fsp3) is 0.333. The number of carbonyl (C=O) groups excluding carboxylic acids is 4. The van der Waals surface area contributed by atoms with Crippen molar-refractivity contribution in [3.63, 3.8) is 0 Å². The number of amides is 4. The average molecular weight is 756 g/mol. The first kappa shape index (κ1) is 35.5. The number of nitrogens with zero attached hydrogens (tertiary/aromatic N) is 3. The minimum absolute atomic E-state index is 0.100. The summed E-state index contributed by atoms with van der Waals surface area (Å²) >= 11 is 6.43. The van der Waals surface area contributed by atoms with Crippen molar-refractivity contribution < 1.29 is 29.0 Å². The van der Waals surface area contributed by atoms with E-state index in [9.17, 15) is 19.5 Å². The van der Waals surface area contributed by atoms with Gasteiger partial charge in [-0.2, -0.15) is 0 Å². The van der Waals surface area contributed by atoms with E-state index in [4.69, 9.17) is 16.3 Å². The smallest absolute Gasteiger partial charge is 0.246 e. The summed E-state index contributed by atoms with van der Waals surface area (Å²) in [6.07, 6.45) is 4.01. The highest BCUT2D eigenvalue weighted by Crippen LogP contribution is 2.65. The van der Waals surface area contributed by atoms with Crippen molar-refractivity contribution in [3.05, 3.63) is 136 Å². The molecule has 9 nitrogen and oxygen atoms in total. The zero-order valence-electron chi connectivity index (χ0n) is 30.5. The number of benzene rings is 4. The van der Waals surface area contributed by atoms with E-state index in [0.717, 1.165) is 25.2 Å². The van der Waals surface area contributed by atoms with Gasteiger partial charge < -0.3 is 9.84 Å². The van der Waals surface area contributed by atoms with Crippen LogP contribution in [-0.4, -0.2) is 64.8 Å². The van der Waals surface area contributed by atoms with Gasteiger partial charge in [0.25, 0.3) is 0 Å². The number of phenolic OH excluding ortho intramolecular Hbond substituents is 1. The Balaban J connectivity index is 1.13. The molecule has 0 bridgehead atoms. The molecular formula is C45H42ClN3O6. The first-order valence-corrected chi connectivity index (χ1v) is 19.5. The molecule has 1 N–H and O–H groups in total. The Morgan fingerprint density at radius 3 is 2.24 bits per heavy atom. The highest BCUT2D eigenvalue weighted by molar-refractivity contribution is 6.32. The maximum Gasteiger partial charge on any atom is 0.246 e. The topological polar surface area (TPSA) is 107 Å². The van der Waals surface area contributed by atoms with E-state index >= 15 is 4.79 Å². The van der Waals surface area contributed by atoms with E-state index in [0.29, 0.717) is 41.1 Å². The Bertz CT molecular complexity index is 2220. The van der Waals surface area contributed by atoms with Crippen LogP contribution in [0.4, 0.5) is 5.69 Å². The van der Waals surface area contributed by atoms with Crippen molar-refractivity contribution in [2.75, 3.05) is 25.1 Å². The van der Waals surface area contributed by atoms with Crippen LogP contribution in [0.5, 0.6) is 11.5 Å². The quantitative estimate of drug-likeness (QED) is 0.162. The molecule has 3 heterocycles. The van der Waals surface area contributed by atoms with Crippen LogP contribution < -0.4 is 9.64 Å². The first-order chi connectivity index (χ1) is 26.7. The summed E-state index contributed by atoms with van der Waals surface area (Å²) in [6.45, 7) is 2.38. The molecule has 55 heavy (non-hydrogen) atoms. The van der Waals surface area contributed by atoms with Crippen molar-refractivity contribution in [2.45, 2.75) is 49.6 Å². The largest absolute Gasteiger partial charge is 0.504 e. The molecule has 0 unspecified atom stereocenters. The zero-order chi connectivity index (χ0) is 38.0. The third-order valence-corrected chi connectivity index (χ3v) is 13.1. The Morgan fingerprint density at radius 2 is 1.55 bits per heavy atom. The number of aromatic hydroxyl groups is 1. The van der Waals surface area contributed by atoms with Gasteiger partial charge in [-0.15, -0.1) is 0 Å². The summed E-state index contributed by atoms with van der Waals surface area (Å²) in [6, 6.07) is 31.3. The van der Waals surface area contributed by atoms with Gasteiger partial charge in [-0.3, -0.25) is 29.0 Å². The van der Waals surface area contributed by atoms with E-state index < -0.39 is 40.9 Å². The molecule has 5 aliphatic rings. The van der Waals surface area contributed by atoms with Crippen LogP contribution in [0.3, 0.4) is 0 Å². The van der Waals surface area contributed by atoms with E-state index in [2.05, 4.69) is 23.1 Å². The number of halogens is 1. The number of imide groups is 2. The lowest BCUT2D eigenvalue weighted by Gasteiger charge is -2.50. The molecule has 4 aromatic rings. The molecule has 4 amide bonds. The second kappa shape index (κ2) is 13.8. The number of hydrogen-bond acceptors (Lipinski definition) is 7. The fourth-order valence-electron chi connectivity index (χ4n) is 10.6. The summed E-state index contributed by atoms with van der Waals surface area (Å²) in [7, 11) is 1.47. The lowest BCUT2D eigenvalue weighted by atomic mass is 9.49. The van der Waals surface area contributed by atoms with E-state index in [-0.39, 0.29) is 41.7 Å². The number of anilines is 1. The Hall–Kier alpha value is -5.25. The molecule has 3 saturated heterocycles. The van der Waals surface area contributed by atoms with Gasteiger partial charge in [0.2, 0.25) is 23.6 Å². The van der Waals surface area contributed by atoms with Gasteiger partial charge in [-0.25, -0.2) is 4.90 Å². The highest BCUT2D eigenvalue weighted by atomic mass is 35.5. The van der Waals surface area contributed by atoms with Crippen molar-refractivity contribution in [2.24, 2.45) is 23.7 Å². The minimum atomic E-state index is -1.42. The van der Waals surface area contributed by atoms with Crippen molar-refractivity contribution in [3.8, 4) is 11.5 Å². The lowest BCUT2D eigenvalue weighted by Crippen LogP contribution is -2.53. The molecule has 0 aromatic heterocycles. The van der Waals surface area contributed by atoms with Gasteiger partial charge in [-0.05, 0) is 78.6 Å². The van der Waals surface area contributed by atoms with Crippen LogP contribution in [0.1, 0.15) is 48.3 Å². The third-order valence-electron chi connectivity index (χ3n) is 12.9. The van der Waals surface area contributed by atoms with Gasteiger partial charge >= 0.3 is 0 Å². The number of ether oxygens (including phenoxy) is 1. The minimum Gasteiger partial charge on any atom is -0.504 e. The van der Waals surface area contributed by atoms with Crippen LogP contribution in [-0.2, 0) is 31.1 Å². The van der Waals surface area contributed by atoms with Gasteiger partial charge in [0, 0.05) is 36.6 Å². The van der Waals surface area contributed by atoms with Gasteiger partial charge in [0.1, 0.15) is 0 Å². The monoisotopic (exact) mass is 755 g/mol. The number of fused-ring (bicyclic) bond motifs is 4. The predicted octanol–water partition coefficient (Wildman–Crippen LogP) is 6.88. The van der Waals surface area contributed by atoms with Gasteiger partial charge in [0.05, 0.1) is 36.0 Å². The molecule has 9 rings (SSSR count). The molecule has 1 saturated carbocycles. The molecule has 0 spiro atoms. The second-order valence-electron chi connectivity index (χ2n) is 15.6. The Labute approximate surface area is 325 Å². The Kier molecular flexibility index (Phi) is 8.89. The third kappa shape index (κ3) is 5.53. The van der Waals surface area contributed by atoms with Gasteiger partial charge in [-0.1, -0.05) is 96.0 Å². The van der Waals surface area contributed by atoms with E-state index in [1.54, 1.807) is 41.3 Å². The molecule has 0 radical (unpaired) electrons. The van der Waals surface area contributed by atoms with Crippen molar-refractivity contribution >= 4 is 40.9 Å². The van der Waals surface area contributed by atoms with Crippen molar-refractivity contribution in [1.82, 2.24) is 9.80 Å². The predicted molar refractivity (Wildman–Crippen MR) is 207 cm³/mol. The number of allylic oxidation sites excluding steroid dienone is 2. The molecule has 280 valence electrons. The molecule has 2 aliphatic carbocycles. The summed E-state index contributed by atoms with van der Waals surface area (Å²) in [4.78, 5) is 64.7. The maximum absolute atomic E-state index is 15.4. The average Bonchev–Trinajstić information content (AvgIpc) is 3.59. The standard InChI is InChI=1S/C45H42ClN3O6/c1-55-38-18-15-28(23-37(38)50)40-33-16-17-34-39(43(53)48(41(34)51)31-19-21-47(22-20-31)26-27-9-4-2-5-10-27)35(33)25-36-42(52)49(32-14-8-13-30(46)24-32)44(54)45(36,40)29-11-6-3-7-12-29/h2-16,18,23-24,31,34-36,39-40,50H,17,19-22,25-26H2,1H3/t34-,35+,36-,39-,40-,45+/m0/s1. The Morgan fingerprint density at radius 1 is 0.818 bits per heavy atom. The SMILES string of the molecule is COc1ccc([C@H]2C3=CC[C@@H]4C(=O)N(C5CCN(Cc6ccccc6)CC5)C(=O)[C@@H]4[C@@H]3C[C@H]3C(=O)N(c4cccc(Cl)c4)C(=O)[C@@]23c2ccccc2)cc1O. The lowest BCUT2D eigenvalue weighted by molar-refractivity contribution is -0.144. The number of phenols is 1. The fourth-order valence-corrected chi connectivity index (χ4v) is 10.8. The molecule has 4 fully saturated rings. The number of rotatable bonds is 7. The molecule has 3 aliphatic heterocycles. The molecule has 6 atom stereocenters. The van der Waals surface area contributed by atoms with Crippen LogP contribution in [0.25, 0.3) is 0 Å². The summed E-state index contributed by atoms with van der Waals surface area (Å²) in [5, 5.41) is 11.6. The normalized spacial score (nSPS) is 28.2. The zero-order valence-corrected chi connectivity index (χ0v) is 31.3. The number of piperidine rings is 1. The molecular weight excluding hydrogens is 714 g/mol. The van der Waals surface area contributed by atoms with E-state index in [1.807, 2.05) is 54.6 Å². The summed E-state index contributed by atoms with van der Waals surface area (Å²) in [5.41, 5.74) is 2.32. The van der Waals surface area contributed by atoms with Crippen LogP contribution in [0, 0.1) is 23.7 Å². The number of likely N-dealkylation sites (tertiary alicyclic amines) is 2. The highest BCUT2D eigenvalue weighted by Gasteiger charge is 2.70. The first-order valence-electron chi connectivity index (χ1n) is 19.1. The summed E-state index contributed by atoms with van der Waals surface area (Å²) in [5.74, 6) is -4.23.